The number of hydrogen-bond donors (Lipinski definition) is 1. The van der Waals surface area contributed by atoms with Crippen molar-refractivity contribution >= 4 is 17.7 Å². The summed E-state index contributed by atoms with van der Waals surface area (Å²) in [6, 6.07) is 5.98. The summed E-state index contributed by atoms with van der Waals surface area (Å²) in [4.78, 5) is 42.2. The molecule has 0 unspecified atom stereocenters. The number of benzene rings is 1. The van der Waals surface area contributed by atoms with Crippen molar-refractivity contribution in [2.24, 2.45) is 0 Å². The monoisotopic (exact) mass is 386 g/mol. The number of likely N-dealkylation sites (N-methyl/N-ethyl adjacent to an activating group) is 1. The van der Waals surface area contributed by atoms with Crippen molar-refractivity contribution in [1.29, 1.82) is 0 Å². The van der Waals surface area contributed by atoms with Gasteiger partial charge in [0.25, 0.3) is 5.91 Å². The zero-order valence-electron chi connectivity index (χ0n) is 17.1. The summed E-state index contributed by atoms with van der Waals surface area (Å²) in [7, 11) is 3.13. The fourth-order valence-corrected chi connectivity index (χ4v) is 3.02. The van der Waals surface area contributed by atoms with Crippen molar-refractivity contribution in [1.82, 2.24) is 9.88 Å². The van der Waals surface area contributed by atoms with Crippen LogP contribution in [0.15, 0.2) is 24.3 Å². The van der Waals surface area contributed by atoms with Crippen LogP contribution in [0, 0.1) is 13.8 Å². The maximum atomic E-state index is 13.1. The molecule has 28 heavy (non-hydrogen) atoms. The van der Waals surface area contributed by atoms with E-state index in [1.54, 1.807) is 66.1 Å². The molecule has 0 radical (unpaired) electrons. The van der Waals surface area contributed by atoms with E-state index in [-0.39, 0.29) is 24.0 Å². The number of nitrogens with one attached hydrogen (secondary N) is 1. The molecule has 7 heteroatoms. The molecule has 150 valence electrons. The molecule has 1 N–H and O–H groups in total. The Morgan fingerprint density at radius 2 is 1.75 bits per heavy atom. The maximum Gasteiger partial charge on any atom is 0.355 e. The van der Waals surface area contributed by atoms with Gasteiger partial charge in [0.05, 0.1) is 19.8 Å². The molecule has 0 aliphatic carbocycles. The van der Waals surface area contributed by atoms with Crippen LogP contribution in [-0.4, -0.2) is 54.3 Å². The second-order valence-electron chi connectivity index (χ2n) is 6.53. The molecule has 1 aromatic heterocycles. The second kappa shape index (κ2) is 8.73. The molecular formula is C21H26N2O5. The number of methoxy groups -OCH3 is 1. The van der Waals surface area contributed by atoms with Crippen molar-refractivity contribution in [3.8, 4) is 5.75 Å². The Balaban J connectivity index is 2.25. The van der Waals surface area contributed by atoms with E-state index in [0.29, 0.717) is 28.1 Å². The van der Waals surface area contributed by atoms with Gasteiger partial charge < -0.3 is 19.4 Å². The minimum atomic E-state index is -0.710. The summed E-state index contributed by atoms with van der Waals surface area (Å²) in [5.74, 6) is -0.378. The third-order valence-electron chi connectivity index (χ3n) is 4.78. The summed E-state index contributed by atoms with van der Waals surface area (Å²) in [6.07, 6.45) is 0. The number of carbonyl (C=O) groups excluding carboxylic acids is 3. The number of carbonyl (C=O) groups is 3. The Hall–Kier alpha value is -3.09. The number of ether oxygens (including phenoxy) is 2. The van der Waals surface area contributed by atoms with E-state index < -0.39 is 12.0 Å². The Morgan fingerprint density at radius 3 is 2.29 bits per heavy atom. The summed E-state index contributed by atoms with van der Waals surface area (Å²) in [6.45, 7) is 7.05. The van der Waals surface area contributed by atoms with E-state index >= 15 is 0 Å². The SMILES string of the molecule is CCOC(=O)c1[nH]c(C)c(C(=O)[C@@H](C)N(C)C(=O)c2ccc(OC)cc2)c1C. The highest BCUT2D eigenvalue weighted by Gasteiger charge is 2.29. The van der Waals surface area contributed by atoms with Crippen LogP contribution >= 0.6 is 0 Å². The molecule has 0 bridgehead atoms. The van der Waals surface area contributed by atoms with Crippen molar-refractivity contribution in [2.75, 3.05) is 20.8 Å². The lowest BCUT2D eigenvalue weighted by Gasteiger charge is -2.24. The molecule has 1 atom stereocenters. The molecule has 2 aromatic rings. The number of aromatic nitrogens is 1. The third kappa shape index (κ3) is 4.08. The first-order valence-electron chi connectivity index (χ1n) is 9.04. The van der Waals surface area contributed by atoms with Crippen LogP contribution in [0.5, 0.6) is 5.75 Å². The Labute approximate surface area is 164 Å². The molecule has 2 rings (SSSR count). The molecule has 1 heterocycles. The minimum Gasteiger partial charge on any atom is -0.497 e. The Morgan fingerprint density at radius 1 is 1.14 bits per heavy atom. The summed E-state index contributed by atoms with van der Waals surface area (Å²) >= 11 is 0. The van der Waals surface area contributed by atoms with Gasteiger partial charge in [-0.25, -0.2) is 4.79 Å². The average molecular weight is 386 g/mol. The van der Waals surface area contributed by atoms with Crippen LogP contribution < -0.4 is 4.74 Å². The van der Waals surface area contributed by atoms with Gasteiger partial charge >= 0.3 is 5.97 Å². The van der Waals surface area contributed by atoms with Crippen molar-refractivity contribution in [3.05, 3.63) is 52.3 Å². The van der Waals surface area contributed by atoms with Crippen LogP contribution in [-0.2, 0) is 4.74 Å². The van der Waals surface area contributed by atoms with Crippen molar-refractivity contribution in [2.45, 2.75) is 33.7 Å². The molecular weight excluding hydrogens is 360 g/mol. The number of rotatable bonds is 7. The average Bonchev–Trinajstić information content (AvgIpc) is 3.00. The van der Waals surface area contributed by atoms with Gasteiger partial charge in [-0.1, -0.05) is 0 Å². The number of H-pyrrole nitrogens is 1. The standard InChI is InChI=1S/C21H26N2O5/c1-7-28-21(26)18-12(2)17(13(3)22-18)19(24)14(4)23(5)20(25)15-8-10-16(27-6)11-9-15/h8-11,14,22H,7H2,1-6H3/t14-/m1/s1. The number of nitrogens with zero attached hydrogens (tertiary/aromatic N) is 1. The number of amides is 1. The predicted molar refractivity (Wildman–Crippen MR) is 105 cm³/mol. The van der Waals surface area contributed by atoms with E-state index in [1.807, 2.05) is 0 Å². The predicted octanol–water partition coefficient (Wildman–Crippen LogP) is 3.16. The Bertz CT molecular complexity index is 883. The molecule has 0 saturated carbocycles. The van der Waals surface area contributed by atoms with Gasteiger partial charge in [-0.3, -0.25) is 9.59 Å². The molecule has 0 spiro atoms. The smallest absolute Gasteiger partial charge is 0.355 e. The quantitative estimate of drug-likeness (QED) is 0.583. The number of aromatic amines is 1. The number of ketones is 1. The van der Waals surface area contributed by atoms with Crippen molar-refractivity contribution < 1.29 is 23.9 Å². The minimum absolute atomic E-state index is 0.244. The normalized spacial score (nSPS) is 11.6. The molecule has 0 aliphatic rings. The van der Waals surface area contributed by atoms with E-state index in [9.17, 15) is 14.4 Å². The second-order valence-corrected chi connectivity index (χ2v) is 6.53. The molecule has 7 nitrogen and oxygen atoms in total. The molecule has 1 aromatic carbocycles. The lowest BCUT2D eigenvalue weighted by Crippen LogP contribution is -2.40. The molecule has 0 fully saturated rings. The fourth-order valence-electron chi connectivity index (χ4n) is 3.02. The third-order valence-corrected chi connectivity index (χ3v) is 4.78. The van der Waals surface area contributed by atoms with Crippen LogP contribution in [0.25, 0.3) is 0 Å². The summed E-state index contributed by atoms with van der Waals surface area (Å²) < 4.78 is 10.1. The summed E-state index contributed by atoms with van der Waals surface area (Å²) in [5.41, 5.74) is 2.22. The Kier molecular flexibility index (Phi) is 6.62. The van der Waals surface area contributed by atoms with Gasteiger partial charge in [-0.05, 0) is 57.5 Å². The van der Waals surface area contributed by atoms with Crippen LogP contribution in [0.4, 0.5) is 0 Å². The number of aryl methyl sites for hydroxylation is 1. The first-order chi connectivity index (χ1) is 13.2. The van der Waals surface area contributed by atoms with Gasteiger partial charge in [0.2, 0.25) is 0 Å². The van der Waals surface area contributed by atoms with Gasteiger partial charge in [-0.2, -0.15) is 0 Å². The lowest BCUT2D eigenvalue weighted by molar-refractivity contribution is 0.0519. The van der Waals surface area contributed by atoms with Gasteiger partial charge in [0.15, 0.2) is 5.78 Å². The lowest BCUT2D eigenvalue weighted by atomic mass is 9.99. The summed E-state index contributed by atoms with van der Waals surface area (Å²) in [5, 5.41) is 0. The van der Waals surface area contributed by atoms with E-state index in [4.69, 9.17) is 9.47 Å². The highest BCUT2D eigenvalue weighted by molar-refractivity contribution is 6.07. The first kappa shape index (κ1) is 21.2. The number of Topliss-reactive ketones (excluding diaryl/α,β-unsaturated/α-hetero) is 1. The zero-order chi connectivity index (χ0) is 21.0. The van der Waals surface area contributed by atoms with E-state index in [2.05, 4.69) is 4.98 Å². The van der Waals surface area contributed by atoms with Gasteiger partial charge in [-0.15, -0.1) is 0 Å². The van der Waals surface area contributed by atoms with E-state index in [1.165, 1.54) is 4.90 Å². The zero-order valence-corrected chi connectivity index (χ0v) is 17.1. The van der Waals surface area contributed by atoms with Gasteiger partial charge in [0.1, 0.15) is 11.4 Å². The number of esters is 1. The molecule has 1 amide bonds. The van der Waals surface area contributed by atoms with Crippen LogP contribution in [0.1, 0.15) is 56.3 Å². The van der Waals surface area contributed by atoms with Gasteiger partial charge in [0, 0.05) is 23.9 Å². The van der Waals surface area contributed by atoms with Crippen LogP contribution in [0.3, 0.4) is 0 Å². The topological polar surface area (TPSA) is 88.7 Å². The highest BCUT2D eigenvalue weighted by atomic mass is 16.5. The first-order valence-corrected chi connectivity index (χ1v) is 9.04. The fraction of sp³-hybridized carbons (Fsp3) is 0.381. The van der Waals surface area contributed by atoms with E-state index in [0.717, 1.165) is 0 Å². The van der Waals surface area contributed by atoms with Crippen LogP contribution in [0.2, 0.25) is 0 Å². The molecule has 0 aliphatic heterocycles. The highest BCUT2D eigenvalue weighted by Crippen LogP contribution is 2.22. The largest absolute Gasteiger partial charge is 0.497 e. The maximum absolute atomic E-state index is 13.1. The molecule has 0 saturated heterocycles. The number of hydrogen-bond acceptors (Lipinski definition) is 5. The van der Waals surface area contributed by atoms with Crippen molar-refractivity contribution in [3.63, 3.8) is 0 Å².